The van der Waals surface area contributed by atoms with Crippen LogP contribution in [-0.2, 0) is 9.47 Å². The fraction of sp³-hybridized carbons (Fsp3) is 0.500. The molecule has 2 saturated heterocycles. The fourth-order valence-electron chi connectivity index (χ4n) is 3.77. The zero-order valence-corrected chi connectivity index (χ0v) is 16.0. The van der Waals surface area contributed by atoms with E-state index in [2.05, 4.69) is 19.9 Å². The molecule has 2 fully saturated rings. The van der Waals surface area contributed by atoms with Crippen molar-refractivity contribution in [1.82, 2.24) is 24.8 Å². The van der Waals surface area contributed by atoms with Gasteiger partial charge in [-0.2, -0.15) is 0 Å². The summed E-state index contributed by atoms with van der Waals surface area (Å²) in [7, 11) is 0. The first-order valence-corrected chi connectivity index (χ1v) is 9.63. The second kappa shape index (κ2) is 8.72. The number of aryl methyl sites for hydroxylation is 1. The molecule has 0 aliphatic carbocycles. The molecule has 2 atom stereocenters. The van der Waals surface area contributed by atoms with E-state index in [9.17, 15) is 4.79 Å². The third-order valence-corrected chi connectivity index (χ3v) is 5.21. The summed E-state index contributed by atoms with van der Waals surface area (Å²) in [5, 5.41) is 0. The number of hydrogen-bond donors (Lipinski definition) is 0. The first kappa shape index (κ1) is 18.9. The van der Waals surface area contributed by atoms with Crippen molar-refractivity contribution >= 4 is 5.91 Å². The molecule has 2 aromatic rings. The van der Waals surface area contributed by atoms with Crippen molar-refractivity contribution in [3.05, 3.63) is 53.9 Å². The maximum absolute atomic E-state index is 13.3. The Morgan fingerprint density at radius 2 is 1.93 bits per heavy atom. The Kier molecular flexibility index (Phi) is 5.90. The molecule has 0 radical (unpaired) electrons. The largest absolute Gasteiger partial charge is 0.379 e. The first-order chi connectivity index (χ1) is 13.7. The zero-order valence-electron chi connectivity index (χ0n) is 16.0. The van der Waals surface area contributed by atoms with E-state index < -0.39 is 0 Å². The Morgan fingerprint density at radius 1 is 1.14 bits per heavy atom. The topological polar surface area (TPSA) is 80.7 Å². The van der Waals surface area contributed by atoms with Crippen molar-refractivity contribution in [2.75, 3.05) is 46.0 Å². The van der Waals surface area contributed by atoms with Crippen LogP contribution < -0.4 is 0 Å². The number of carbonyl (C=O) groups excluding carboxylic acids is 1. The minimum Gasteiger partial charge on any atom is -0.379 e. The van der Waals surface area contributed by atoms with Crippen molar-refractivity contribution in [1.29, 1.82) is 0 Å². The van der Waals surface area contributed by atoms with E-state index in [-0.39, 0.29) is 18.1 Å². The average Bonchev–Trinajstić information content (AvgIpc) is 2.75. The van der Waals surface area contributed by atoms with E-state index >= 15 is 0 Å². The van der Waals surface area contributed by atoms with Crippen molar-refractivity contribution in [3.8, 4) is 0 Å². The van der Waals surface area contributed by atoms with Gasteiger partial charge in [-0.15, -0.1) is 0 Å². The molecule has 2 aliphatic rings. The minimum absolute atomic E-state index is 0.0795. The van der Waals surface area contributed by atoms with Gasteiger partial charge in [0.1, 0.15) is 5.82 Å². The molecule has 2 aliphatic heterocycles. The van der Waals surface area contributed by atoms with Crippen LogP contribution in [0.2, 0.25) is 0 Å². The Hall–Kier alpha value is -2.42. The summed E-state index contributed by atoms with van der Waals surface area (Å²) in [6, 6.07) is 3.69. The number of ether oxygens (including phenoxy) is 2. The van der Waals surface area contributed by atoms with Gasteiger partial charge in [0.25, 0.3) is 5.91 Å². The van der Waals surface area contributed by atoms with Crippen LogP contribution in [0.4, 0.5) is 0 Å². The van der Waals surface area contributed by atoms with Gasteiger partial charge in [0, 0.05) is 51.0 Å². The Balaban J connectivity index is 1.61. The standard InChI is InChI=1S/C20H25N5O3/c1-15-22-12-17(13-23-15)20(26)25-7-10-28-18(14-24-5-8-27-9-6-24)19(25)16-3-2-4-21-11-16/h2-4,11-13,18-19H,5-10,14H2,1H3/t18-,19-/m0/s1. The van der Waals surface area contributed by atoms with Gasteiger partial charge in [-0.05, 0) is 18.6 Å². The predicted octanol–water partition coefficient (Wildman–Crippen LogP) is 1.09. The Bertz CT molecular complexity index is 780. The van der Waals surface area contributed by atoms with Crippen LogP contribution in [0.5, 0.6) is 0 Å². The molecule has 0 bridgehead atoms. The van der Waals surface area contributed by atoms with E-state index in [1.54, 1.807) is 25.5 Å². The summed E-state index contributed by atoms with van der Waals surface area (Å²) in [5.74, 6) is 0.566. The Morgan fingerprint density at radius 3 is 2.64 bits per heavy atom. The lowest BCUT2D eigenvalue weighted by atomic mass is 9.98. The lowest BCUT2D eigenvalue weighted by molar-refractivity contribution is -0.0819. The van der Waals surface area contributed by atoms with E-state index in [1.807, 2.05) is 23.2 Å². The van der Waals surface area contributed by atoms with E-state index in [4.69, 9.17) is 9.47 Å². The highest BCUT2D eigenvalue weighted by Crippen LogP contribution is 2.31. The summed E-state index contributed by atoms with van der Waals surface area (Å²) >= 11 is 0. The molecule has 0 spiro atoms. The van der Waals surface area contributed by atoms with Crippen molar-refractivity contribution in [2.45, 2.75) is 19.1 Å². The van der Waals surface area contributed by atoms with Crippen molar-refractivity contribution in [3.63, 3.8) is 0 Å². The summed E-state index contributed by atoms with van der Waals surface area (Å²) in [6.07, 6.45) is 6.61. The monoisotopic (exact) mass is 383 g/mol. The molecule has 4 rings (SSSR count). The van der Waals surface area contributed by atoms with Crippen LogP contribution in [0.15, 0.2) is 36.9 Å². The van der Waals surface area contributed by atoms with Gasteiger partial charge in [0.05, 0.1) is 37.5 Å². The minimum atomic E-state index is -0.209. The molecule has 4 heterocycles. The van der Waals surface area contributed by atoms with Gasteiger partial charge in [-0.3, -0.25) is 14.7 Å². The van der Waals surface area contributed by atoms with Crippen molar-refractivity contribution in [2.24, 2.45) is 0 Å². The molecule has 148 valence electrons. The third kappa shape index (κ3) is 4.19. The van der Waals surface area contributed by atoms with E-state index in [0.717, 1.165) is 38.4 Å². The van der Waals surface area contributed by atoms with Crippen LogP contribution in [0.3, 0.4) is 0 Å². The number of pyridine rings is 1. The highest BCUT2D eigenvalue weighted by molar-refractivity contribution is 5.94. The molecular weight excluding hydrogens is 358 g/mol. The van der Waals surface area contributed by atoms with Gasteiger partial charge in [-0.1, -0.05) is 6.07 Å². The number of nitrogens with zero attached hydrogens (tertiary/aromatic N) is 5. The van der Waals surface area contributed by atoms with Gasteiger partial charge in [0.2, 0.25) is 0 Å². The molecular formula is C20H25N5O3. The smallest absolute Gasteiger partial charge is 0.257 e. The highest BCUT2D eigenvalue weighted by atomic mass is 16.5. The predicted molar refractivity (Wildman–Crippen MR) is 102 cm³/mol. The lowest BCUT2D eigenvalue weighted by Crippen LogP contribution is -2.53. The van der Waals surface area contributed by atoms with Crippen molar-refractivity contribution < 1.29 is 14.3 Å². The fourth-order valence-corrected chi connectivity index (χ4v) is 3.77. The maximum Gasteiger partial charge on any atom is 0.257 e. The number of rotatable bonds is 4. The summed E-state index contributed by atoms with van der Waals surface area (Å²) in [6.45, 7) is 6.78. The summed E-state index contributed by atoms with van der Waals surface area (Å²) < 4.78 is 11.6. The van der Waals surface area contributed by atoms with Gasteiger partial charge < -0.3 is 14.4 Å². The Labute approximate surface area is 164 Å². The lowest BCUT2D eigenvalue weighted by Gasteiger charge is -2.43. The van der Waals surface area contributed by atoms with Crippen LogP contribution in [0, 0.1) is 6.92 Å². The number of carbonyl (C=O) groups is 1. The van der Waals surface area contributed by atoms with E-state index in [0.29, 0.717) is 24.5 Å². The SMILES string of the molecule is Cc1ncc(C(=O)N2CCO[C@@H](CN3CCOCC3)[C@@H]2c2cccnc2)cn1. The molecule has 2 aromatic heterocycles. The highest BCUT2D eigenvalue weighted by Gasteiger charge is 2.38. The van der Waals surface area contributed by atoms with Gasteiger partial charge in [-0.25, -0.2) is 9.97 Å². The molecule has 8 nitrogen and oxygen atoms in total. The van der Waals surface area contributed by atoms with Crippen LogP contribution >= 0.6 is 0 Å². The average molecular weight is 383 g/mol. The van der Waals surface area contributed by atoms with E-state index in [1.165, 1.54) is 0 Å². The van der Waals surface area contributed by atoms with Gasteiger partial charge >= 0.3 is 0 Å². The van der Waals surface area contributed by atoms with Crippen LogP contribution in [0.25, 0.3) is 0 Å². The maximum atomic E-state index is 13.3. The molecule has 1 amide bonds. The number of hydrogen-bond acceptors (Lipinski definition) is 7. The second-order valence-corrected chi connectivity index (χ2v) is 7.07. The molecule has 0 N–H and O–H groups in total. The third-order valence-electron chi connectivity index (χ3n) is 5.21. The number of aromatic nitrogens is 3. The summed E-state index contributed by atoms with van der Waals surface area (Å²) in [4.78, 5) is 30.1. The number of morpholine rings is 2. The molecule has 8 heteroatoms. The molecule has 28 heavy (non-hydrogen) atoms. The first-order valence-electron chi connectivity index (χ1n) is 9.63. The van der Waals surface area contributed by atoms with Gasteiger partial charge in [0.15, 0.2) is 0 Å². The quantitative estimate of drug-likeness (QED) is 0.782. The molecule has 0 aromatic carbocycles. The summed E-state index contributed by atoms with van der Waals surface area (Å²) in [5.41, 5.74) is 1.47. The number of amides is 1. The van der Waals surface area contributed by atoms with Crippen LogP contribution in [-0.4, -0.2) is 82.8 Å². The molecule has 0 saturated carbocycles. The second-order valence-electron chi connectivity index (χ2n) is 7.07. The molecule has 0 unspecified atom stereocenters. The zero-order chi connectivity index (χ0) is 19.3. The normalized spacial score (nSPS) is 23.5. The van der Waals surface area contributed by atoms with Crippen LogP contribution in [0.1, 0.15) is 27.8 Å².